The first-order valence-corrected chi connectivity index (χ1v) is 5.39. The summed E-state index contributed by atoms with van der Waals surface area (Å²) in [6.45, 7) is 1.90. The summed E-state index contributed by atoms with van der Waals surface area (Å²) < 4.78 is 4.12. The smallest absolute Gasteiger partial charge is 0.252 e. The van der Waals surface area contributed by atoms with Crippen LogP contribution in [0, 0.1) is 6.92 Å². The van der Waals surface area contributed by atoms with Gasteiger partial charge in [0.05, 0.1) is 11.3 Å². The maximum absolute atomic E-state index is 11.1. The summed E-state index contributed by atoms with van der Waals surface area (Å²) in [4.78, 5) is 15.2. The molecular weight excluding hydrogens is 224 g/mol. The number of carbonyl (C=O) groups is 1. The average Bonchev–Trinajstić information content (AvgIpc) is 2.64. The molecule has 2 aromatic rings. The van der Waals surface area contributed by atoms with E-state index in [0.29, 0.717) is 11.4 Å². The Morgan fingerprint density at radius 1 is 1.56 bits per heavy atom. The Bertz CT molecular complexity index is 523. The SMILES string of the molecule is Cc1cc(Nc2ncccc2C(N)=O)sn1. The summed E-state index contributed by atoms with van der Waals surface area (Å²) in [7, 11) is 0. The van der Waals surface area contributed by atoms with Gasteiger partial charge >= 0.3 is 0 Å². The third-order valence-electron chi connectivity index (χ3n) is 1.94. The average molecular weight is 234 g/mol. The third kappa shape index (κ3) is 2.17. The second-order valence-corrected chi connectivity index (χ2v) is 4.03. The largest absolute Gasteiger partial charge is 0.365 e. The topological polar surface area (TPSA) is 80.9 Å². The van der Waals surface area contributed by atoms with Crippen molar-refractivity contribution in [1.82, 2.24) is 9.36 Å². The molecule has 0 aliphatic rings. The summed E-state index contributed by atoms with van der Waals surface area (Å²) in [6, 6.07) is 5.18. The second-order valence-electron chi connectivity index (χ2n) is 3.22. The van der Waals surface area contributed by atoms with E-state index in [9.17, 15) is 4.79 Å². The zero-order chi connectivity index (χ0) is 11.5. The molecule has 0 unspecified atom stereocenters. The second kappa shape index (κ2) is 4.28. The summed E-state index contributed by atoms with van der Waals surface area (Å²) in [5.74, 6) is -0.0458. The van der Waals surface area contributed by atoms with Crippen LogP contribution in [-0.2, 0) is 0 Å². The van der Waals surface area contributed by atoms with Crippen molar-refractivity contribution in [3.05, 3.63) is 35.7 Å². The lowest BCUT2D eigenvalue weighted by Gasteiger charge is -2.05. The molecule has 1 amide bonds. The van der Waals surface area contributed by atoms with E-state index in [1.54, 1.807) is 18.3 Å². The molecule has 0 aliphatic heterocycles. The van der Waals surface area contributed by atoms with Crippen LogP contribution in [-0.4, -0.2) is 15.3 Å². The van der Waals surface area contributed by atoms with Crippen LogP contribution in [0.3, 0.4) is 0 Å². The molecule has 16 heavy (non-hydrogen) atoms. The summed E-state index contributed by atoms with van der Waals surface area (Å²) >= 11 is 1.31. The maximum Gasteiger partial charge on any atom is 0.252 e. The lowest BCUT2D eigenvalue weighted by molar-refractivity contribution is 0.100. The number of anilines is 2. The molecule has 82 valence electrons. The van der Waals surface area contributed by atoms with Crippen molar-refractivity contribution in [3.63, 3.8) is 0 Å². The highest BCUT2D eigenvalue weighted by Gasteiger charge is 2.09. The summed E-state index contributed by atoms with van der Waals surface area (Å²) in [6.07, 6.45) is 1.60. The van der Waals surface area contributed by atoms with E-state index < -0.39 is 5.91 Å². The number of nitrogens with zero attached hydrogens (tertiary/aromatic N) is 2. The third-order valence-corrected chi connectivity index (χ3v) is 2.74. The minimum Gasteiger partial charge on any atom is -0.365 e. The fraction of sp³-hybridized carbons (Fsp3) is 0.100. The first kappa shape index (κ1) is 10.6. The fourth-order valence-electron chi connectivity index (χ4n) is 1.24. The molecule has 5 nitrogen and oxygen atoms in total. The highest BCUT2D eigenvalue weighted by molar-refractivity contribution is 7.10. The molecule has 0 aliphatic carbocycles. The van der Waals surface area contributed by atoms with Crippen LogP contribution in [0.5, 0.6) is 0 Å². The van der Waals surface area contributed by atoms with Gasteiger partial charge in [0.2, 0.25) is 0 Å². The van der Waals surface area contributed by atoms with Gasteiger partial charge in [-0.15, -0.1) is 0 Å². The fourth-order valence-corrected chi connectivity index (χ4v) is 1.90. The van der Waals surface area contributed by atoms with Crippen molar-refractivity contribution < 1.29 is 4.79 Å². The number of nitrogens with one attached hydrogen (secondary N) is 1. The zero-order valence-electron chi connectivity index (χ0n) is 8.60. The van der Waals surface area contributed by atoms with Crippen molar-refractivity contribution in [3.8, 4) is 0 Å². The number of aromatic nitrogens is 2. The Kier molecular flexibility index (Phi) is 2.82. The van der Waals surface area contributed by atoms with Crippen LogP contribution in [0.4, 0.5) is 10.8 Å². The van der Waals surface area contributed by atoms with E-state index in [1.165, 1.54) is 11.5 Å². The van der Waals surface area contributed by atoms with Gasteiger partial charge in [-0.05, 0) is 36.7 Å². The highest BCUT2D eigenvalue weighted by atomic mass is 32.1. The molecule has 0 fully saturated rings. The van der Waals surface area contributed by atoms with Gasteiger partial charge in [0.15, 0.2) is 0 Å². The van der Waals surface area contributed by atoms with Gasteiger partial charge in [-0.1, -0.05) is 0 Å². The number of pyridine rings is 1. The molecule has 2 aromatic heterocycles. The summed E-state index contributed by atoms with van der Waals surface area (Å²) in [5.41, 5.74) is 6.53. The number of aryl methyl sites for hydroxylation is 1. The van der Waals surface area contributed by atoms with Crippen LogP contribution >= 0.6 is 11.5 Å². The first-order valence-electron chi connectivity index (χ1n) is 4.62. The van der Waals surface area contributed by atoms with Crippen molar-refractivity contribution >= 4 is 28.3 Å². The van der Waals surface area contributed by atoms with E-state index in [2.05, 4.69) is 14.7 Å². The van der Waals surface area contributed by atoms with Crippen molar-refractivity contribution in [1.29, 1.82) is 0 Å². The van der Waals surface area contributed by atoms with E-state index in [1.807, 2.05) is 13.0 Å². The van der Waals surface area contributed by atoms with Crippen LogP contribution in [0.2, 0.25) is 0 Å². The monoisotopic (exact) mass is 234 g/mol. The van der Waals surface area contributed by atoms with Gasteiger partial charge in [0.1, 0.15) is 10.8 Å². The zero-order valence-corrected chi connectivity index (χ0v) is 9.41. The number of nitrogens with two attached hydrogens (primary N) is 1. The molecule has 3 N–H and O–H groups in total. The number of carbonyl (C=O) groups excluding carboxylic acids is 1. The number of rotatable bonds is 3. The highest BCUT2D eigenvalue weighted by Crippen LogP contribution is 2.22. The molecule has 0 radical (unpaired) electrons. The Morgan fingerprint density at radius 2 is 2.38 bits per heavy atom. The van der Waals surface area contributed by atoms with Crippen LogP contribution < -0.4 is 11.1 Å². The molecule has 0 spiro atoms. The van der Waals surface area contributed by atoms with E-state index >= 15 is 0 Å². The molecule has 0 aromatic carbocycles. The van der Waals surface area contributed by atoms with Gasteiger partial charge in [-0.25, -0.2) is 4.98 Å². The number of amides is 1. The minimum absolute atomic E-state index is 0.369. The molecule has 6 heteroatoms. The Morgan fingerprint density at radius 3 is 3.00 bits per heavy atom. The minimum atomic E-state index is -0.503. The maximum atomic E-state index is 11.1. The van der Waals surface area contributed by atoms with Crippen molar-refractivity contribution in [2.75, 3.05) is 5.32 Å². The normalized spacial score (nSPS) is 10.1. The Balaban J connectivity index is 2.31. The molecule has 0 atom stereocenters. The molecule has 0 bridgehead atoms. The van der Waals surface area contributed by atoms with Gasteiger partial charge in [0, 0.05) is 6.20 Å². The van der Waals surface area contributed by atoms with E-state index in [0.717, 1.165) is 10.7 Å². The molecule has 0 saturated heterocycles. The molecule has 2 rings (SSSR count). The van der Waals surface area contributed by atoms with E-state index in [-0.39, 0.29) is 0 Å². The summed E-state index contributed by atoms with van der Waals surface area (Å²) in [5, 5.41) is 3.85. The number of hydrogen-bond acceptors (Lipinski definition) is 5. The van der Waals surface area contributed by atoms with Crippen molar-refractivity contribution in [2.45, 2.75) is 6.92 Å². The van der Waals surface area contributed by atoms with Gasteiger partial charge in [-0.3, -0.25) is 4.79 Å². The Labute approximate surface area is 96.5 Å². The van der Waals surface area contributed by atoms with Crippen LogP contribution in [0.1, 0.15) is 16.1 Å². The van der Waals surface area contributed by atoms with Crippen LogP contribution in [0.15, 0.2) is 24.4 Å². The first-order chi connectivity index (χ1) is 7.66. The van der Waals surface area contributed by atoms with Crippen LogP contribution in [0.25, 0.3) is 0 Å². The number of hydrogen-bond donors (Lipinski definition) is 2. The van der Waals surface area contributed by atoms with Crippen molar-refractivity contribution in [2.24, 2.45) is 5.73 Å². The van der Waals surface area contributed by atoms with Gasteiger partial charge in [0.25, 0.3) is 5.91 Å². The van der Waals surface area contributed by atoms with Gasteiger partial charge < -0.3 is 11.1 Å². The molecular formula is C10H10N4OS. The molecule has 2 heterocycles. The number of primary amides is 1. The van der Waals surface area contributed by atoms with Gasteiger partial charge in [-0.2, -0.15) is 4.37 Å². The lowest BCUT2D eigenvalue weighted by Crippen LogP contribution is -2.13. The quantitative estimate of drug-likeness (QED) is 0.846. The Hall–Kier alpha value is -1.95. The lowest BCUT2D eigenvalue weighted by atomic mass is 10.2. The van der Waals surface area contributed by atoms with E-state index in [4.69, 9.17) is 5.73 Å². The predicted molar refractivity (Wildman–Crippen MR) is 62.9 cm³/mol. The molecule has 0 saturated carbocycles. The predicted octanol–water partition coefficient (Wildman–Crippen LogP) is 1.69. The standard InChI is InChI=1S/C10H10N4OS/c1-6-5-8(16-14-6)13-10-7(9(11)15)3-2-4-12-10/h2-5H,1H3,(H2,11,15)(H,12,13).